The second-order valence-corrected chi connectivity index (χ2v) is 6.43. The first-order chi connectivity index (χ1) is 13.6. The highest BCUT2D eigenvalue weighted by Gasteiger charge is 2.21. The third-order valence-electron chi connectivity index (χ3n) is 4.30. The van der Waals surface area contributed by atoms with Crippen LogP contribution in [-0.2, 0) is 16.0 Å². The number of benzene rings is 2. The fourth-order valence-electron chi connectivity index (χ4n) is 2.75. The lowest BCUT2D eigenvalue weighted by molar-refractivity contribution is -0.122. The molecule has 2 amide bonds. The average molecular weight is 384 g/mol. The summed E-state index contributed by atoms with van der Waals surface area (Å²) in [6.07, 6.45) is -0.505. The van der Waals surface area contributed by atoms with Gasteiger partial charge in [0.2, 0.25) is 5.91 Å². The van der Waals surface area contributed by atoms with Crippen molar-refractivity contribution in [3.63, 3.8) is 0 Å². The lowest BCUT2D eigenvalue weighted by atomic mass is 10.1. The fraction of sp³-hybridized carbons (Fsp3) is 0.364. The van der Waals surface area contributed by atoms with Gasteiger partial charge in [-0.3, -0.25) is 9.59 Å². The molecule has 6 heteroatoms. The normalized spacial score (nSPS) is 12.8. The quantitative estimate of drug-likeness (QED) is 0.552. The summed E-state index contributed by atoms with van der Waals surface area (Å²) in [5.41, 5.74) is 1.62. The number of amides is 2. The van der Waals surface area contributed by atoms with Crippen LogP contribution in [0, 0.1) is 0 Å². The largest absolute Gasteiger partial charge is 0.388 e. The van der Waals surface area contributed by atoms with E-state index in [4.69, 9.17) is 4.74 Å². The number of hydrogen-bond donors (Lipinski definition) is 3. The Morgan fingerprint density at radius 1 is 0.964 bits per heavy atom. The summed E-state index contributed by atoms with van der Waals surface area (Å²) in [6, 6.07) is 18.6. The molecule has 0 aromatic heterocycles. The summed E-state index contributed by atoms with van der Waals surface area (Å²) in [6.45, 7) is 2.44. The Morgan fingerprint density at radius 2 is 1.61 bits per heavy atom. The van der Waals surface area contributed by atoms with Gasteiger partial charge in [0.25, 0.3) is 5.91 Å². The maximum atomic E-state index is 12.1. The molecule has 0 fully saturated rings. The minimum absolute atomic E-state index is 0.0400. The van der Waals surface area contributed by atoms with E-state index in [1.165, 1.54) is 0 Å². The topological polar surface area (TPSA) is 87.7 Å². The van der Waals surface area contributed by atoms with Gasteiger partial charge >= 0.3 is 0 Å². The molecular weight excluding hydrogens is 356 g/mol. The van der Waals surface area contributed by atoms with Crippen molar-refractivity contribution in [2.45, 2.75) is 32.0 Å². The molecule has 0 heterocycles. The van der Waals surface area contributed by atoms with Crippen LogP contribution in [0.2, 0.25) is 0 Å². The molecule has 0 aliphatic carbocycles. The molecule has 2 aromatic carbocycles. The van der Waals surface area contributed by atoms with E-state index < -0.39 is 12.2 Å². The van der Waals surface area contributed by atoms with Crippen LogP contribution in [0.5, 0.6) is 0 Å². The van der Waals surface area contributed by atoms with Crippen molar-refractivity contribution in [1.82, 2.24) is 10.6 Å². The second-order valence-electron chi connectivity index (χ2n) is 6.43. The molecule has 6 nitrogen and oxygen atoms in total. The molecule has 2 rings (SSSR count). The Bertz CT molecular complexity index is 722. The highest BCUT2D eigenvalue weighted by Crippen LogP contribution is 2.04. The molecule has 0 bridgehead atoms. The summed E-state index contributed by atoms with van der Waals surface area (Å²) in [5, 5.41) is 15.9. The number of rotatable bonds is 11. The van der Waals surface area contributed by atoms with Gasteiger partial charge in [-0.2, -0.15) is 0 Å². The van der Waals surface area contributed by atoms with Gasteiger partial charge < -0.3 is 20.5 Å². The highest BCUT2D eigenvalue weighted by molar-refractivity contribution is 5.94. The number of ether oxygens (including phenoxy) is 1. The van der Waals surface area contributed by atoms with Gasteiger partial charge in [-0.15, -0.1) is 0 Å². The standard InChI is InChI=1S/C22H28N2O4/c1-2-28-20(16-23-21(26)14-13-17-9-5-3-6-10-17)19(25)15-24-22(27)18-11-7-4-8-12-18/h3-12,19-20,25H,2,13-16H2,1H3,(H,23,26)(H,24,27)/t19-,20+/m0/s1. The number of aryl methyl sites for hydroxylation is 1. The number of nitrogens with one attached hydrogen (secondary N) is 2. The van der Waals surface area contributed by atoms with Crippen molar-refractivity contribution < 1.29 is 19.4 Å². The first-order valence-electron chi connectivity index (χ1n) is 9.53. The van der Waals surface area contributed by atoms with Crippen molar-refractivity contribution in [3.8, 4) is 0 Å². The maximum absolute atomic E-state index is 12.1. The zero-order valence-electron chi connectivity index (χ0n) is 16.1. The summed E-state index contributed by atoms with van der Waals surface area (Å²) in [7, 11) is 0. The van der Waals surface area contributed by atoms with E-state index in [0.717, 1.165) is 5.56 Å². The molecule has 28 heavy (non-hydrogen) atoms. The molecule has 2 aromatic rings. The van der Waals surface area contributed by atoms with Crippen molar-refractivity contribution in [3.05, 3.63) is 71.8 Å². The lowest BCUT2D eigenvalue weighted by Gasteiger charge is -2.23. The Balaban J connectivity index is 1.76. The fourth-order valence-corrected chi connectivity index (χ4v) is 2.75. The van der Waals surface area contributed by atoms with Crippen molar-refractivity contribution in [2.75, 3.05) is 19.7 Å². The van der Waals surface area contributed by atoms with Crippen molar-refractivity contribution in [2.24, 2.45) is 0 Å². The molecule has 0 saturated carbocycles. The predicted molar refractivity (Wildman–Crippen MR) is 108 cm³/mol. The summed E-state index contributed by atoms with van der Waals surface area (Å²) < 4.78 is 5.54. The van der Waals surface area contributed by atoms with E-state index in [1.807, 2.05) is 43.3 Å². The van der Waals surface area contributed by atoms with E-state index in [0.29, 0.717) is 25.0 Å². The zero-order chi connectivity index (χ0) is 20.2. The molecule has 0 unspecified atom stereocenters. The van der Waals surface area contributed by atoms with Gasteiger partial charge in [-0.1, -0.05) is 48.5 Å². The van der Waals surface area contributed by atoms with Gasteiger partial charge in [0.1, 0.15) is 6.10 Å². The average Bonchev–Trinajstić information content (AvgIpc) is 2.74. The van der Waals surface area contributed by atoms with Crippen LogP contribution in [0.3, 0.4) is 0 Å². The predicted octanol–water partition coefficient (Wildman–Crippen LogP) is 1.93. The van der Waals surface area contributed by atoms with E-state index in [-0.39, 0.29) is 24.9 Å². The molecule has 0 radical (unpaired) electrons. The van der Waals surface area contributed by atoms with Crippen molar-refractivity contribution >= 4 is 11.8 Å². The Labute approximate surface area is 165 Å². The minimum atomic E-state index is -0.929. The van der Waals surface area contributed by atoms with Crippen LogP contribution in [0.4, 0.5) is 0 Å². The van der Waals surface area contributed by atoms with Crippen LogP contribution < -0.4 is 10.6 Å². The maximum Gasteiger partial charge on any atom is 0.251 e. The van der Waals surface area contributed by atoms with Crippen LogP contribution in [0.25, 0.3) is 0 Å². The van der Waals surface area contributed by atoms with Gasteiger partial charge in [0.05, 0.1) is 6.10 Å². The van der Waals surface area contributed by atoms with Gasteiger partial charge in [0.15, 0.2) is 0 Å². The summed E-state index contributed by atoms with van der Waals surface area (Å²) >= 11 is 0. The highest BCUT2D eigenvalue weighted by atomic mass is 16.5. The third-order valence-corrected chi connectivity index (χ3v) is 4.30. The molecule has 0 aliphatic rings. The van der Waals surface area contributed by atoms with Gasteiger partial charge in [0, 0.05) is 31.7 Å². The van der Waals surface area contributed by atoms with Gasteiger partial charge in [-0.25, -0.2) is 0 Å². The zero-order valence-corrected chi connectivity index (χ0v) is 16.1. The molecule has 0 spiro atoms. The van der Waals surface area contributed by atoms with Crippen molar-refractivity contribution in [1.29, 1.82) is 0 Å². The number of hydrogen-bond acceptors (Lipinski definition) is 4. The number of aliphatic hydroxyl groups excluding tert-OH is 1. The summed E-state index contributed by atoms with van der Waals surface area (Å²) in [5.74, 6) is -0.365. The molecule has 2 atom stereocenters. The first-order valence-corrected chi connectivity index (χ1v) is 9.53. The molecule has 0 aliphatic heterocycles. The number of carbonyl (C=O) groups is 2. The number of aliphatic hydroxyl groups is 1. The monoisotopic (exact) mass is 384 g/mol. The van der Waals surface area contributed by atoms with Gasteiger partial charge in [-0.05, 0) is 31.0 Å². The molecule has 150 valence electrons. The van der Waals surface area contributed by atoms with Crippen LogP contribution in [-0.4, -0.2) is 48.8 Å². The Morgan fingerprint density at radius 3 is 2.25 bits per heavy atom. The van der Waals surface area contributed by atoms with E-state index in [1.54, 1.807) is 24.3 Å². The first kappa shape index (κ1) is 21.6. The minimum Gasteiger partial charge on any atom is -0.388 e. The van der Waals surface area contributed by atoms with Crippen LogP contribution >= 0.6 is 0 Å². The Kier molecular flexibility index (Phi) is 9.18. The summed E-state index contributed by atoms with van der Waals surface area (Å²) in [4.78, 5) is 24.2. The van der Waals surface area contributed by atoms with Crippen LogP contribution in [0.1, 0.15) is 29.3 Å². The third kappa shape index (κ3) is 7.50. The van der Waals surface area contributed by atoms with E-state index in [9.17, 15) is 14.7 Å². The SMILES string of the molecule is CCO[C@H](CNC(=O)CCc1ccccc1)[C@@H](O)CNC(=O)c1ccccc1. The number of carbonyl (C=O) groups excluding carboxylic acids is 2. The molecule has 3 N–H and O–H groups in total. The van der Waals surface area contributed by atoms with E-state index >= 15 is 0 Å². The van der Waals surface area contributed by atoms with Crippen LogP contribution in [0.15, 0.2) is 60.7 Å². The molecular formula is C22H28N2O4. The molecule has 0 saturated heterocycles. The smallest absolute Gasteiger partial charge is 0.251 e. The second kappa shape index (κ2) is 11.9. The Hall–Kier alpha value is -2.70. The van der Waals surface area contributed by atoms with E-state index in [2.05, 4.69) is 10.6 Å². The lowest BCUT2D eigenvalue weighted by Crippen LogP contribution is -2.46.